The fourth-order valence-electron chi connectivity index (χ4n) is 4.22. The molecule has 3 aromatic rings. The number of carbonyl (C=O) groups excluding carboxylic acids is 2. The van der Waals surface area contributed by atoms with Crippen molar-refractivity contribution in [1.82, 2.24) is 10.2 Å². The van der Waals surface area contributed by atoms with Crippen LogP contribution in [0.3, 0.4) is 0 Å². The van der Waals surface area contributed by atoms with Crippen LogP contribution in [-0.4, -0.2) is 44.3 Å². The molecule has 0 radical (unpaired) electrons. The first-order chi connectivity index (χ1) is 19.4. The zero-order valence-corrected chi connectivity index (χ0v) is 26.4. The van der Waals surface area contributed by atoms with E-state index in [-0.39, 0.29) is 17.3 Å². The van der Waals surface area contributed by atoms with Gasteiger partial charge in [0.1, 0.15) is 12.6 Å². The van der Waals surface area contributed by atoms with Gasteiger partial charge in [-0.3, -0.25) is 13.9 Å². The van der Waals surface area contributed by atoms with Gasteiger partial charge in [-0.2, -0.15) is 0 Å². The number of benzene rings is 3. The number of rotatable bonds is 12. The van der Waals surface area contributed by atoms with Crippen LogP contribution in [0.25, 0.3) is 0 Å². The maximum atomic E-state index is 14.1. The topological polar surface area (TPSA) is 86.8 Å². The fraction of sp³-hybridized carbons (Fsp3) is 0.355. The van der Waals surface area contributed by atoms with Crippen LogP contribution >= 0.6 is 23.2 Å². The predicted octanol–water partition coefficient (Wildman–Crippen LogP) is 6.45. The van der Waals surface area contributed by atoms with Crippen molar-refractivity contribution >= 4 is 50.7 Å². The summed E-state index contributed by atoms with van der Waals surface area (Å²) in [4.78, 5) is 28.6. The van der Waals surface area contributed by atoms with Crippen molar-refractivity contribution in [2.24, 2.45) is 0 Å². The molecule has 1 N–H and O–H groups in total. The number of unbranched alkanes of at least 4 members (excludes halogenated alkanes) is 1. The van der Waals surface area contributed by atoms with Gasteiger partial charge in [-0.1, -0.05) is 66.4 Å². The molecule has 7 nitrogen and oxygen atoms in total. The molecule has 41 heavy (non-hydrogen) atoms. The van der Waals surface area contributed by atoms with Crippen LogP contribution in [0.5, 0.6) is 0 Å². The van der Waals surface area contributed by atoms with Crippen molar-refractivity contribution in [3.63, 3.8) is 0 Å². The van der Waals surface area contributed by atoms with Crippen LogP contribution in [0.4, 0.5) is 5.69 Å². The smallest absolute Gasteiger partial charge is 0.264 e. The Hall–Kier alpha value is -3.07. The fourth-order valence-corrected chi connectivity index (χ4v) is 6.14. The number of hydrogen-bond donors (Lipinski definition) is 1. The summed E-state index contributed by atoms with van der Waals surface area (Å²) in [7, 11) is -4.15. The van der Waals surface area contributed by atoms with Gasteiger partial charge in [0, 0.05) is 28.7 Å². The minimum Gasteiger partial charge on any atom is -0.354 e. The predicted molar refractivity (Wildman–Crippen MR) is 166 cm³/mol. The molecule has 0 fully saturated rings. The number of nitrogens with zero attached hydrogens (tertiary/aromatic N) is 2. The zero-order chi connectivity index (χ0) is 30.3. The number of carbonyl (C=O) groups is 2. The third-order valence-electron chi connectivity index (χ3n) is 7.05. The Bertz CT molecular complexity index is 1470. The van der Waals surface area contributed by atoms with Gasteiger partial charge in [-0.05, 0) is 81.6 Å². The van der Waals surface area contributed by atoms with Crippen LogP contribution in [-0.2, 0) is 26.2 Å². The number of anilines is 1. The van der Waals surface area contributed by atoms with Crippen LogP contribution in [0.2, 0.25) is 10.0 Å². The first-order valence-corrected chi connectivity index (χ1v) is 15.7. The third-order valence-corrected chi connectivity index (χ3v) is 9.55. The van der Waals surface area contributed by atoms with Crippen LogP contribution < -0.4 is 9.62 Å². The summed E-state index contributed by atoms with van der Waals surface area (Å²) in [5.41, 5.74) is 3.58. The number of amides is 2. The van der Waals surface area contributed by atoms with Crippen molar-refractivity contribution < 1.29 is 18.0 Å². The SMILES string of the molecule is CCCCNC(=O)C(C)N(Cc1c(Cl)cccc1Cl)C(=O)CN(c1ccc(C)c(C)c1)S(=O)(=O)c1ccc(C)cc1. The molecule has 3 aromatic carbocycles. The monoisotopic (exact) mass is 617 g/mol. The molecule has 3 rings (SSSR count). The lowest BCUT2D eigenvalue weighted by molar-refractivity contribution is -0.139. The van der Waals surface area contributed by atoms with Gasteiger partial charge in [0.2, 0.25) is 11.8 Å². The average molecular weight is 619 g/mol. The Morgan fingerprint density at radius 1 is 0.927 bits per heavy atom. The van der Waals surface area contributed by atoms with Gasteiger partial charge in [0.15, 0.2) is 0 Å². The lowest BCUT2D eigenvalue weighted by Gasteiger charge is -2.32. The summed E-state index contributed by atoms with van der Waals surface area (Å²) in [6, 6.07) is 15.8. The third kappa shape index (κ3) is 8.03. The minimum atomic E-state index is -4.15. The van der Waals surface area contributed by atoms with E-state index < -0.39 is 28.5 Å². The first-order valence-electron chi connectivity index (χ1n) is 13.5. The summed E-state index contributed by atoms with van der Waals surface area (Å²) in [6.07, 6.45) is 1.69. The summed E-state index contributed by atoms with van der Waals surface area (Å²) in [6.45, 7) is 9.15. The van der Waals surface area contributed by atoms with Crippen molar-refractivity contribution in [1.29, 1.82) is 0 Å². The molecule has 10 heteroatoms. The second-order valence-electron chi connectivity index (χ2n) is 10.1. The molecule has 0 aromatic heterocycles. The Kier molecular flexibility index (Phi) is 11.2. The van der Waals surface area contributed by atoms with Crippen LogP contribution in [0.1, 0.15) is 48.9 Å². The maximum Gasteiger partial charge on any atom is 0.264 e. The van der Waals surface area contributed by atoms with Crippen molar-refractivity contribution in [2.45, 2.75) is 64.9 Å². The van der Waals surface area contributed by atoms with Crippen molar-refractivity contribution in [3.05, 3.63) is 93.0 Å². The first kappa shape index (κ1) is 32.4. The Morgan fingerprint density at radius 3 is 2.15 bits per heavy atom. The molecule has 0 aliphatic rings. The lowest BCUT2D eigenvalue weighted by Crippen LogP contribution is -2.51. The molecule has 0 bridgehead atoms. The quantitative estimate of drug-likeness (QED) is 0.237. The van der Waals surface area contributed by atoms with E-state index in [0.717, 1.165) is 33.8 Å². The standard InChI is InChI=1S/C31H37Cl2N3O4S/c1-6-7-17-34-31(38)24(5)35(19-27-28(32)9-8-10-29(27)33)30(37)20-36(25-14-13-22(3)23(4)18-25)41(39,40)26-15-11-21(2)12-16-26/h8-16,18,24H,6-7,17,19-20H2,1-5H3,(H,34,38). The highest BCUT2D eigenvalue weighted by Gasteiger charge is 2.33. The Balaban J connectivity index is 2.06. The van der Waals surface area contributed by atoms with E-state index >= 15 is 0 Å². The number of sulfonamides is 1. The van der Waals surface area contributed by atoms with Gasteiger partial charge >= 0.3 is 0 Å². The van der Waals surface area contributed by atoms with E-state index in [4.69, 9.17) is 23.2 Å². The number of aryl methyl sites for hydroxylation is 3. The van der Waals surface area contributed by atoms with Gasteiger partial charge in [-0.25, -0.2) is 8.42 Å². The summed E-state index contributed by atoms with van der Waals surface area (Å²) < 4.78 is 29.0. The Labute approximate surface area is 253 Å². The van der Waals surface area contributed by atoms with Crippen molar-refractivity contribution in [2.75, 3.05) is 17.4 Å². The van der Waals surface area contributed by atoms with E-state index in [1.165, 1.54) is 17.0 Å². The van der Waals surface area contributed by atoms with Gasteiger partial charge < -0.3 is 10.2 Å². The van der Waals surface area contributed by atoms with Crippen LogP contribution in [0.15, 0.2) is 65.6 Å². The molecule has 1 unspecified atom stereocenters. The molecule has 0 saturated carbocycles. The average Bonchev–Trinajstić information content (AvgIpc) is 2.93. The molecule has 0 saturated heterocycles. The molecule has 0 aliphatic carbocycles. The van der Waals surface area contributed by atoms with Gasteiger partial charge in [0.25, 0.3) is 10.0 Å². The largest absolute Gasteiger partial charge is 0.354 e. The number of halogens is 2. The minimum absolute atomic E-state index is 0.0557. The molecule has 0 spiro atoms. The number of nitrogens with one attached hydrogen (secondary N) is 1. The maximum absolute atomic E-state index is 14.1. The molecular weight excluding hydrogens is 581 g/mol. The normalized spacial score (nSPS) is 12.1. The molecule has 220 valence electrons. The second-order valence-corrected chi connectivity index (χ2v) is 12.8. The molecule has 0 heterocycles. The van der Waals surface area contributed by atoms with E-state index in [2.05, 4.69) is 5.32 Å². The molecule has 2 amide bonds. The van der Waals surface area contributed by atoms with Gasteiger partial charge in [-0.15, -0.1) is 0 Å². The number of hydrogen-bond acceptors (Lipinski definition) is 4. The highest BCUT2D eigenvalue weighted by molar-refractivity contribution is 7.92. The summed E-state index contributed by atoms with van der Waals surface area (Å²) in [5.74, 6) is -0.929. The molecular formula is C31H37Cl2N3O4S. The van der Waals surface area contributed by atoms with E-state index in [9.17, 15) is 18.0 Å². The molecule has 1 atom stereocenters. The zero-order valence-electron chi connectivity index (χ0n) is 24.1. The van der Waals surface area contributed by atoms with E-state index in [0.29, 0.717) is 27.8 Å². The van der Waals surface area contributed by atoms with Crippen LogP contribution in [0, 0.1) is 20.8 Å². The Morgan fingerprint density at radius 2 is 1.56 bits per heavy atom. The van der Waals surface area contributed by atoms with Gasteiger partial charge in [0.05, 0.1) is 10.6 Å². The van der Waals surface area contributed by atoms with Crippen molar-refractivity contribution in [3.8, 4) is 0 Å². The van der Waals surface area contributed by atoms with E-state index in [1.54, 1.807) is 49.4 Å². The highest BCUT2D eigenvalue weighted by Crippen LogP contribution is 2.29. The second kappa shape index (κ2) is 14.2. The summed E-state index contributed by atoms with van der Waals surface area (Å²) in [5, 5.41) is 3.54. The highest BCUT2D eigenvalue weighted by atomic mass is 35.5. The lowest BCUT2D eigenvalue weighted by atomic mass is 10.1. The molecule has 0 aliphatic heterocycles. The summed E-state index contributed by atoms with van der Waals surface area (Å²) >= 11 is 12.9. The van der Waals surface area contributed by atoms with E-state index in [1.807, 2.05) is 33.8 Å².